The van der Waals surface area contributed by atoms with Crippen LogP contribution in [-0.4, -0.2) is 59.3 Å². The SMILES string of the molecule is NCc1ncccc1-c1nc(N2CCCCCC2)nc(N2CCOCC2)n1. The van der Waals surface area contributed by atoms with Gasteiger partial charge in [-0.1, -0.05) is 12.8 Å². The second-order valence-corrected chi connectivity index (χ2v) is 6.96. The van der Waals surface area contributed by atoms with E-state index < -0.39 is 0 Å². The summed E-state index contributed by atoms with van der Waals surface area (Å²) in [5.74, 6) is 2.13. The fourth-order valence-corrected chi connectivity index (χ4v) is 3.60. The first-order chi connectivity index (χ1) is 13.3. The van der Waals surface area contributed by atoms with Crippen LogP contribution in [0.2, 0.25) is 0 Å². The summed E-state index contributed by atoms with van der Waals surface area (Å²) >= 11 is 0. The lowest BCUT2D eigenvalue weighted by molar-refractivity contribution is 0.122. The van der Waals surface area contributed by atoms with Crippen LogP contribution in [0.1, 0.15) is 31.4 Å². The Balaban J connectivity index is 1.76. The van der Waals surface area contributed by atoms with Gasteiger partial charge in [0.15, 0.2) is 5.82 Å². The highest BCUT2D eigenvalue weighted by Gasteiger charge is 2.21. The van der Waals surface area contributed by atoms with Crippen molar-refractivity contribution in [1.29, 1.82) is 0 Å². The van der Waals surface area contributed by atoms with Gasteiger partial charge in [-0.25, -0.2) is 0 Å². The highest BCUT2D eigenvalue weighted by molar-refractivity contribution is 5.61. The van der Waals surface area contributed by atoms with E-state index in [1.54, 1.807) is 6.20 Å². The summed E-state index contributed by atoms with van der Waals surface area (Å²) in [5, 5.41) is 0. The van der Waals surface area contributed by atoms with Gasteiger partial charge in [0.2, 0.25) is 11.9 Å². The van der Waals surface area contributed by atoms with Gasteiger partial charge in [0, 0.05) is 44.5 Å². The maximum Gasteiger partial charge on any atom is 0.230 e. The Bertz CT molecular complexity index is 755. The van der Waals surface area contributed by atoms with Gasteiger partial charge in [0.1, 0.15) is 0 Å². The molecule has 0 atom stereocenters. The van der Waals surface area contributed by atoms with Crippen LogP contribution in [0.25, 0.3) is 11.4 Å². The highest BCUT2D eigenvalue weighted by atomic mass is 16.5. The quantitative estimate of drug-likeness (QED) is 0.869. The largest absolute Gasteiger partial charge is 0.378 e. The molecular weight excluding hydrogens is 342 g/mol. The third-order valence-electron chi connectivity index (χ3n) is 5.12. The van der Waals surface area contributed by atoms with E-state index in [1.807, 2.05) is 12.1 Å². The van der Waals surface area contributed by atoms with E-state index in [9.17, 15) is 0 Å². The van der Waals surface area contributed by atoms with Gasteiger partial charge in [-0.2, -0.15) is 15.0 Å². The molecule has 2 saturated heterocycles. The van der Waals surface area contributed by atoms with Crippen LogP contribution in [0.15, 0.2) is 18.3 Å². The van der Waals surface area contributed by atoms with Gasteiger partial charge in [-0.15, -0.1) is 0 Å². The summed E-state index contributed by atoms with van der Waals surface area (Å²) in [6, 6.07) is 3.89. The molecule has 2 aliphatic rings. The van der Waals surface area contributed by atoms with Gasteiger partial charge < -0.3 is 20.3 Å². The molecule has 0 unspecified atom stereocenters. The smallest absolute Gasteiger partial charge is 0.230 e. The van der Waals surface area contributed by atoms with Gasteiger partial charge >= 0.3 is 0 Å². The molecule has 0 amide bonds. The molecule has 0 bridgehead atoms. The number of nitrogens with two attached hydrogens (primary N) is 1. The molecule has 4 rings (SSSR count). The standard InChI is InChI=1S/C19H27N7O/c20-14-16-15(6-5-7-21-16)17-22-18(25-8-3-1-2-4-9-25)24-19(23-17)26-10-12-27-13-11-26/h5-7H,1-4,8-14,20H2. The normalized spacial score (nSPS) is 18.4. The van der Waals surface area contributed by atoms with E-state index in [-0.39, 0.29) is 0 Å². The maximum atomic E-state index is 5.90. The summed E-state index contributed by atoms with van der Waals surface area (Å²) in [6.07, 6.45) is 6.64. The van der Waals surface area contributed by atoms with Crippen LogP contribution in [-0.2, 0) is 11.3 Å². The van der Waals surface area contributed by atoms with Crippen LogP contribution >= 0.6 is 0 Å². The summed E-state index contributed by atoms with van der Waals surface area (Å²) in [7, 11) is 0. The molecule has 0 aliphatic carbocycles. The first kappa shape index (κ1) is 18.1. The average molecular weight is 369 g/mol. The van der Waals surface area contributed by atoms with Crippen LogP contribution in [0.3, 0.4) is 0 Å². The van der Waals surface area contributed by atoms with Crippen LogP contribution in [0.4, 0.5) is 11.9 Å². The molecular formula is C19H27N7O. The lowest BCUT2D eigenvalue weighted by Crippen LogP contribution is -2.38. The Hall–Kier alpha value is -2.32. The summed E-state index contributed by atoms with van der Waals surface area (Å²) in [6.45, 7) is 5.31. The molecule has 0 saturated carbocycles. The minimum atomic E-state index is 0.355. The van der Waals surface area contributed by atoms with Crippen molar-refractivity contribution in [1.82, 2.24) is 19.9 Å². The average Bonchev–Trinajstić information content (AvgIpc) is 3.04. The molecule has 2 aliphatic heterocycles. The number of ether oxygens (including phenoxy) is 1. The zero-order valence-corrected chi connectivity index (χ0v) is 15.7. The topological polar surface area (TPSA) is 93.3 Å². The monoisotopic (exact) mass is 369 g/mol. The third-order valence-corrected chi connectivity index (χ3v) is 5.12. The van der Waals surface area contributed by atoms with E-state index in [4.69, 9.17) is 25.4 Å². The second-order valence-electron chi connectivity index (χ2n) is 6.96. The first-order valence-electron chi connectivity index (χ1n) is 9.83. The Labute approximate surface area is 159 Å². The van der Waals surface area contributed by atoms with Crippen molar-refractivity contribution in [3.05, 3.63) is 24.0 Å². The number of rotatable bonds is 4. The number of anilines is 2. The molecule has 0 spiro atoms. The molecule has 2 aromatic rings. The van der Waals surface area contributed by atoms with Crippen molar-refractivity contribution >= 4 is 11.9 Å². The summed E-state index contributed by atoms with van der Waals surface area (Å²) in [4.78, 5) is 23.3. The Morgan fingerprint density at radius 1 is 0.889 bits per heavy atom. The Morgan fingerprint density at radius 3 is 2.22 bits per heavy atom. The fourth-order valence-electron chi connectivity index (χ4n) is 3.60. The van der Waals surface area contributed by atoms with Crippen molar-refractivity contribution in [3.63, 3.8) is 0 Å². The van der Waals surface area contributed by atoms with Crippen LogP contribution < -0.4 is 15.5 Å². The number of aromatic nitrogens is 4. The molecule has 27 heavy (non-hydrogen) atoms. The predicted octanol–water partition coefficient (Wildman–Crippen LogP) is 1.61. The second kappa shape index (κ2) is 8.58. The van der Waals surface area contributed by atoms with Crippen molar-refractivity contribution in [3.8, 4) is 11.4 Å². The maximum absolute atomic E-state index is 5.90. The minimum absolute atomic E-state index is 0.355. The molecule has 144 valence electrons. The van der Waals surface area contributed by atoms with Crippen molar-refractivity contribution in [2.75, 3.05) is 49.2 Å². The molecule has 8 nitrogen and oxygen atoms in total. The zero-order valence-electron chi connectivity index (χ0n) is 15.7. The number of morpholine rings is 1. The number of hydrogen-bond donors (Lipinski definition) is 1. The van der Waals surface area contributed by atoms with Crippen molar-refractivity contribution in [2.45, 2.75) is 32.2 Å². The minimum Gasteiger partial charge on any atom is -0.378 e. The van der Waals surface area contributed by atoms with Crippen LogP contribution in [0, 0.1) is 0 Å². The third kappa shape index (κ3) is 4.17. The molecule has 2 fully saturated rings. The molecule has 0 radical (unpaired) electrons. The molecule has 4 heterocycles. The lowest BCUT2D eigenvalue weighted by Gasteiger charge is -2.28. The molecule has 2 N–H and O–H groups in total. The zero-order chi connectivity index (χ0) is 18.5. The highest BCUT2D eigenvalue weighted by Crippen LogP contribution is 2.25. The van der Waals surface area contributed by atoms with Crippen molar-refractivity contribution in [2.24, 2.45) is 5.73 Å². The Kier molecular flexibility index (Phi) is 5.74. The van der Waals surface area contributed by atoms with E-state index in [1.165, 1.54) is 25.7 Å². The van der Waals surface area contributed by atoms with Gasteiger partial charge in [-0.05, 0) is 25.0 Å². The van der Waals surface area contributed by atoms with E-state index in [2.05, 4.69) is 14.8 Å². The number of nitrogens with zero attached hydrogens (tertiary/aromatic N) is 6. The summed E-state index contributed by atoms with van der Waals surface area (Å²) < 4.78 is 5.49. The van der Waals surface area contributed by atoms with Gasteiger partial charge in [0.25, 0.3) is 0 Å². The number of hydrogen-bond acceptors (Lipinski definition) is 8. The Morgan fingerprint density at radius 2 is 1.56 bits per heavy atom. The van der Waals surface area contributed by atoms with E-state index in [0.29, 0.717) is 25.6 Å². The van der Waals surface area contributed by atoms with Crippen LogP contribution in [0.5, 0.6) is 0 Å². The molecule has 0 aromatic carbocycles. The van der Waals surface area contributed by atoms with Gasteiger partial charge in [0.05, 0.1) is 18.9 Å². The molecule has 2 aromatic heterocycles. The predicted molar refractivity (Wildman–Crippen MR) is 105 cm³/mol. The number of pyridine rings is 1. The van der Waals surface area contributed by atoms with E-state index >= 15 is 0 Å². The lowest BCUT2D eigenvalue weighted by atomic mass is 10.2. The van der Waals surface area contributed by atoms with E-state index in [0.717, 1.165) is 49.3 Å². The fraction of sp³-hybridized carbons (Fsp3) is 0.579. The summed E-state index contributed by atoms with van der Waals surface area (Å²) in [5.41, 5.74) is 7.59. The van der Waals surface area contributed by atoms with Crippen molar-refractivity contribution < 1.29 is 4.74 Å². The first-order valence-corrected chi connectivity index (χ1v) is 9.83. The van der Waals surface area contributed by atoms with Gasteiger partial charge in [-0.3, -0.25) is 4.98 Å². The molecule has 8 heteroatoms.